The fourth-order valence-corrected chi connectivity index (χ4v) is 3.94. The van der Waals surface area contributed by atoms with Gasteiger partial charge in [-0.3, -0.25) is 4.79 Å². The summed E-state index contributed by atoms with van der Waals surface area (Å²) >= 11 is 12.4. The van der Waals surface area contributed by atoms with Crippen molar-refractivity contribution in [3.63, 3.8) is 0 Å². The summed E-state index contributed by atoms with van der Waals surface area (Å²) in [6.07, 6.45) is 2.37. The lowest BCUT2D eigenvalue weighted by Crippen LogP contribution is -2.41. The Bertz CT molecular complexity index is 964. The summed E-state index contributed by atoms with van der Waals surface area (Å²) in [6, 6.07) is 13.7. The van der Waals surface area contributed by atoms with Gasteiger partial charge in [-0.1, -0.05) is 47.5 Å². The minimum Gasteiger partial charge on any atom is -0.378 e. The number of nitrogens with one attached hydrogen (secondary N) is 1. The number of aromatic nitrogens is 1. The normalized spacial score (nSPS) is 15.9. The van der Waals surface area contributed by atoms with Crippen LogP contribution in [-0.2, 0) is 9.53 Å². The Morgan fingerprint density at radius 3 is 2.67 bits per heavy atom. The lowest BCUT2D eigenvalue weighted by atomic mass is 9.87. The summed E-state index contributed by atoms with van der Waals surface area (Å²) in [4.78, 5) is 18.2. The summed E-state index contributed by atoms with van der Waals surface area (Å²) < 4.78 is 5.37. The second-order valence-electron chi connectivity index (χ2n) is 6.71. The standard InChI is InChI=1S/C21H20Cl2N2O2/c22-18-6-5-14(11-19(18)23)16(12-21(26)25-7-9-27-10-8-25)17-13-24-20-4-2-1-3-15(17)20/h1-6,11,13,16,24H,7-10,12H2. The van der Waals surface area contributed by atoms with Gasteiger partial charge >= 0.3 is 0 Å². The summed E-state index contributed by atoms with van der Waals surface area (Å²) in [5.74, 6) is 0.0194. The SMILES string of the molecule is O=C(CC(c1ccc(Cl)c(Cl)c1)c1c[nH]c2ccccc12)N1CCOCC1. The first kappa shape index (κ1) is 18.4. The molecule has 1 fully saturated rings. The number of fused-ring (bicyclic) bond motifs is 1. The Labute approximate surface area is 168 Å². The van der Waals surface area contributed by atoms with Crippen LogP contribution in [-0.4, -0.2) is 42.1 Å². The molecular formula is C21H20Cl2N2O2. The molecule has 0 aliphatic carbocycles. The highest BCUT2D eigenvalue weighted by atomic mass is 35.5. The third-order valence-electron chi connectivity index (χ3n) is 5.09. The fraction of sp³-hybridized carbons (Fsp3) is 0.286. The molecule has 1 N–H and O–H groups in total. The highest BCUT2D eigenvalue weighted by Crippen LogP contribution is 2.36. The second kappa shape index (κ2) is 7.93. The van der Waals surface area contributed by atoms with E-state index in [0.717, 1.165) is 22.0 Å². The van der Waals surface area contributed by atoms with Crippen LogP contribution in [0.4, 0.5) is 0 Å². The van der Waals surface area contributed by atoms with Crippen LogP contribution < -0.4 is 0 Å². The Balaban J connectivity index is 1.72. The Morgan fingerprint density at radius 2 is 1.89 bits per heavy atom. The molecule has 4 rings (SSSR count). The molecule has 0 bridgehead atoms. The minimum absolute atomic E-state index is 0.105. The number of hydrogen-bond acceptors (Lipinski definition) is 2. The number of amides is 1. The van der Waals surface area contributed by atoms with Gasteiger partial charge in [-0.15, -0.1) is 0 Å². The molecule has 1 atom stereocenters. The van der Waals surface area contributed by atoms with E-state index in [1.807, 2.05) is 41.4 Å². The van der Waals surface area contributed by atoms with Crippen molar-refractivity contribution in [3.8, 4) is 0 Å². The predicted molar refractivity (Wildman–Crippen MR) is 109 cm³/mol. The minimum atomic E-state index is -0.105. The van der Waals surface area contributed by atoms with Gasteiger partial charge in [0.2, 0.25) is 5.91 Å². The summed E-state index contributed by atoms with van der Waals surface area (Å²) in [6.45, 7) is 2.47. The van der Waals surface area contributed by atoms with Crippen molar-refractivity contribution in [1.29, 1.82) is 0 Å². The van der Waals surface area contributed by atoms with E-state index in [4.69, 9.17) is 27.9 Å². The molecular weight excluding hydrogens is 383 g/mol. The topological polar surface area (TPSA) is 45.3 Å². The molecule has 2 heterocycles. The quantitative estimate of drug-likeness (QED) is 0.677. The van der Waals surface area contributed by atoms with Crippen molar-refractivity contribution in [2.45, 2.75) is 12.3 Å². The number of nitrogens with zero attached hydrogens (tertiary/aromatic N) is 1. The van der Waals surface area contributed by atoms with Crippen molar-refractivity contribution in [3.05, 3.63) is 69.8 Å². The average molecular weight is 403 g/mol. The molecule has 0 spiro atoms. The average Bonchev–Trinajstić information content (AvgIpc) is 3.13. The Morgan fingerprint density at radius 1 is 1.11 bits per heavy atom. The molecule has 1 unspecified atom stereocenters. The predicted octanol–water partition coefficient (Wildman–Crippen LogP) is 4.86. The number of H-pyrrole nitrogens is 1. The Kier molecular flexibility index (Phi) is 5.39. The number of aromatic amines is 1. The molecule has 140 valence electrons. The van der Waals surface area contributed by atoms with Crippen LogP contribution >= 0.6 is 23.2 Å². The number of para-hydroxylation sites is 1. The molecule has 4 nitrogen and oxygen atoms in total. The first-order chi connectivity index (χ1) is 13.1. The molecule has 1 aliphatic rings. The number of carbonyl (C=O) groups excluding carboxylic acids is 1. The molecule has 1 saturated heterocycles. The number of carbonyl (C=O) groups is 1. The maximum Gasteiger partial charge on any atom is 0.223 e. The van der Waals surface area contributed by atoms with Crippen LogP contribution in [0.2, 0.25) is 10.0 Å². The van der Waals surface area contributed by atoms with E-state index in [0.29, 0.717) is 42.8 Å². The maximum absolute atomic E-state index is 13.0. The third-order valence-corrected chi connectivity index (χ3v) is 5.82. The number of rotatable bonds is 4. The van der Waals surface area contributed by atoms with Crippen LogP contribution in [0.5, 0.6) is 0 Å². The molecule has 1 aromatic heterocycles. The van der Waals surface area contributed by atoms with Gasteiger partial charge in [-0.25, -0.2) is 0 Å². The van der Waals surface area contributed by atoms with Gasteiger partial charge in [0.15, 0.2) is 0 Å². The van der Waals surface area contributed by atoms with Crippen LogP contribution in [0.3, 0.4) is 0 Å². The van der Waals surface area contributed by atoms with Gasteiger partial charge in [0.05, 0.1) is 23.3 Å². The highest BCUT2D eigenvalue weighted by molar-refractivity contribution is 6.42. The molecule has 6 heteroatoms. The van der Waals surface area contributed by atoms with Crippen molar-refractivity contribution in [2.75, 3.05) is 26.3 Å². The van der Waals surface area contributed by atoms with E-state index in [9.17, 15) is 4.79 Å². The first-order valence-electron chi connectivity index (χ1n) is 9.00. The van der Waals surface area contributed by atoms with Gasteiger partial charge in [0.25, 0.3) is 0 Å². The van der Waals surface area contributed by atoms with Gasteiger partial charge in [-0.2, -0.15) is 0 Å². The number of halogens is 2. The van der Waals surface area contributed by atoms with Crippen LogP contribution in [0.25, 0.3) is 10.9 Å². The molecule has 27 heavy (non-hydrogen) atoms. The maximum atomic E-state index is 13.0. The molecule has 0 saturated carbocycles. The molecule has 3 aromatic rings. The first-order valence-corrected chi connectivity index (χ1v) is 9.75. The van der Waals surface area contributed by atoms with Crippen molar-refractivity contribution in [1.82, 2.24) is 9.88 Å². The van der Waals surface area contributed by atoms with Crippen LogP contribution in [0.1, 0.15) is 23.5 Å². The highest BCUT2D eigenvalue weighted by Gasteiger charge is 2.25. The summed E-state index contributed by atoms with van der Waals surface area (Å²) in [5.41, 5.74) is 3.12. The smallest absolute Gasteiger partial charge is 0.223 e. The van der Waals surface area contributed by atoms with Gasteiger partial charge in [0.1, 0.15) is 0 Å². The molecule has 2 aromatic carbocycles. The number of benzene rings is 2. The van der Waals surface area contributed by atoms with Crippen molar-refractivity contribution >= 4 is 40.0 Å². The molecule has 0 radical (unpaired) electrons. The summed E-state index contributed by atoms with van der Waals surface area (Å²) in [5, 5.41) is 2.12. The third kappa shape index (κ3) is 3.84. The number of ether oxygens (including phenoxy) is 1. The lowest BCUT2D eigenvalue weighted by Gasteiger charge is -2.28. The second-order valence-corrected chi connectivity index (χ2v) is 7.53. The van der Waals surface area contributed by atoms with Gasteiger partial charge in [0, 0.05) is 42.5 Å². The monoisotopic (exact) mass is 402 g/mol. The lowest BCUT2D eigenvalue weighted by molar-refractivity contribution is -0.135. The molecule has 1 aliphatic heterocycles. The van der Waals surface area contributed by atoms with Gasteiger partial charge < -0.3 is 14.6 Å². The van der Waals surface area contributed by atoms with Crippen LogP contribution in [0.15, 0.2) is 48.7 Å². The van der Waals surface area contributed by atoms with E-state index in [2.05, 4.69) is 11.1 Å². The van der Waals surface area contributed by atoms with Crippen LogP contribution in [0, 0.1) is 0 Å². The fourth-order valence-electron chi connectivity index (χ4n) is 3.64. The number of hydrogen-bond donors (Lipinski definition) is 1. The van der Waals surface area contributed by atoms with E-state index in [-0.39, 0.29) is 11.8 Å². The van der Waals surface area contributed by atoms with E-state index < -0.39 is 0 Å². The van der Waals surface area contributed by atoms with Crippen molar-refractivity contribution < 1.29 is 9.53 Å². The largest absolute Gasteiger partial charge is 0.378 e. The zero-order chi connectivity index (χ0) is 18.8. The zero-order valence-corrected chi connectivity index (χ0v) is 16.3. The van der Waals surface area contributed by atoms with E-state index >= 15 is 0 Å². The van der Waals surface area contributed by atoms with E-state index in [1.54, 1.807) is 6.07 Å². The van der Waals surface area contributed by atoms with Gasteiger partial charge in [-0.05, 0) is 29.3 Å². The number of morpholine rings is 1. The Hall–Kier alpha value is -2.01. The van der Waals surface area contributed by atoms with Crippen molar-refractivity contribution in [2.24, 2.45) is 0 Å². The molecule has 1 amide bonds. The van der Waals surface area contributed by atoms with E-state index in [1.165, 1.54) is 0 Å². The zero-order valence-electron chi connectivity index (χ0n) is 14.8. The summed E-state index contributed by atoms with van der Waals surface area (Å²) in [7, 11) is 0.